The highest BCUT2D eigenvalue weighted by Crippen LogP contribution is 2.26. The number of hydrogen-bond acceptors (Lipinski definition) is 4. The Morgan fingerprint density at radius 1 is 0.969 bits per heavy atom. The zero-order valence-electron chi connectivity index (χ0n) is 17.5. The van der Waals surface area contributed by atoms with E-state index in [1.165, 1.54) is 24.3 Å². The van der Waals surface area contributed by atoms with E-state index in [1.807, 2.05) is 30.3 Å². The Morgan fingerprint density at radius 2 is 1.66 bits per heavy atom. The van der Waals surface area contributed by atoms with Crippen LogP contribution in [0.25, 0.3) is 0 Å². The van der Waals surface area contributed by atoms with Crippen molar-refractivity contribution in [3.63, 3.8) is 0 Å². The van der Waals surface area contributed by atoms with Crippen molar-refractivity contribution in [2.45, 2.75) is 19.6 Å². The number of nitrogens with zero attached hydrogens (tertiary/aromatic N) is 2. The maximum absolute atomic E-state index is 13.0. The topological polar surface area (TPSA) is 87.2 Å². The number of aromatic carboxylic acids is 1. The Morgan fingerprint density at radius 3 is 2.31 bits per heavy atom. The van der Waals surface area contributed by atoms with Gasteiger partial charge >= 0.3 is 5.97 Å². The number of carbonyl (C=O) groups is 3. The fourth-order valence-corrected chi connectivity index (χ4v) is 3.73. The van der Waals surface area contributed by atoms with Gasteiger partial charge in [0.2, 0.25) is 0 Å². The number of carboxylic acids is 1. The minimum atomic E-state index is -0.990. The number of fused-ring (bicyclic) bond motifs is 1. The summed E-state index contributed by atoms with van der Waals surface area (Å²) in [4.78, 5) is 43.8. The minimum absolute atomic E-state index is 0.116. The summed E-state index contributed by atoms with van der Waals surface area (Å²) in [5, 5.41) is 10.3. The lowest BCUT2D eigenvalue weighted by molar-refractivity contribution is -0.102. The van der Waals surface area contributed by atoms with Crippen LogP contribution in [-0.2, 0) is 24.5 Å². The number of carboxylic acid groups (broad SMARTS) is 1. The minimum Gasteiger partial charge on any atom is -0.478 e. The molecule has 7 nitrogen and oxygen atoms in total. The van der Waals surface area contributed by atoms with Gasteiger partial charge in [-0.05, 0) is 47.0 Å². The lowest BCUT2D eigenvalue weighted by Crippen LogP contribution is -2.29. The number of rotatable bonds is 7. The molecular weight excluding hydrogens is 408 g/mol. The largest absolute Gasteiger partial charge is 0.478 e. The average molecular weight is 430 g/mol. The zero-order chi connectivity index (χ0) is 22.7. The lowest BCUT2D eigenvalue weighted by atomic mass is 10.1. The SMILES string of the molecule is CON(Cc1ccccc1)C(=O)c1ccc2c(c1)CN(Cc1ccc(C(=O)O)cc1)C2=O. The summed E-state index contributed by atoms with van der Waals surface area (Å²) in [5.74, 6) is -1.39. The van der Waals surface area contributed by atoms with Crippen LogP contribution < -0.4 is 0 Å². The van der Waals surface area contributed by atoms with Gasteiger partial charge in [0.05, 0.1) is 19.2 Å². The molecule has 0 aromatic heterocycles. The van der Waals surface area contributed by atoms with Crippen molar-refractivity contribution in [3.05, 3.63) is 106 Å². The van der Waals surface area contributed by atoms with Crippen LogP contribution in [0.15, 0.2) is 72.8 Å². The zero-order valence-corrected chi connectivity index (χ0v) is 17.5. The molecule has 162 valence electrons. The fourth-order valence-electron chi connectivity index (χ4n) is 3.73. The molecule has 0 aliphatic carbocycles. The summed E-state index contributed by atoms with van der Waals surface area (Å²) in [6.45, 7) is 1.04. The van der Waals surface area contributed by atoms with Gasteiger partial charge in [-0.25, -0.2) is 9.86 Å². The van der Waals surface area contributed by atoms with Crippen LogP contribution in [0, 0.1) is 0 Å². The van der Waals surface area contributed by atoms with Gasteiger partial charge in [0.1, 0.15) is 0 Å². The summed E-state index contributed by atoms with van der Waals surface area (Å²) in [7, 11) is 1.45. The molecule has 1 N–H and O–H groups in total. The number of hydroxylamine groups is 2. The van der Waals surface area contributed by atoms with Gasteiger partial charge < -0.3 is 10.0 Å². The molecule has 1 heterocycles. The second kappa shape index (κ2) is 9.03. The lowest BCUT2D eigenvalue weighted by Gasteiger charge is -2.20. The number of benzene rings is 3. The quantitative estimate of drug-likeness (QED) is 0.577. The third-order valence-electron chi connectivity index (χ3n) is 5.42. The van der Waals surface area contributed by atoms with Crippen LogP contribution in [-0.4, -0.2) is 40.0 Å². The number of amides is 2. The molecule has 3 aromatic rings. The van der Waals surface area contributed by atoms with E-state index in [0.717, 1.165) is 16.7 Å². The van der Waals surface area contributed by atoms with Gasteiger partial charge in [-0.3, -0.25) is 14.4 Å². The van der Waals surface area contributed by atoms with Gasteiger partial charge in [0, 0.05) is 24.2 Å². The molecule has 0 fully saturated rings. The van der Waals surface area contributed by atoms with E-state index in [9.17, 15) is 14.4 Å². The van der Waals surface area contributed by atoms with Crippen molar-refractivity contribution in [2.24, 2.45) is 0 Å². The van der Waals surface area contributed by atoms with E-state index < -0.39 is 5.97 Å². The molecule has 32 heavy (non-hydrogen) atoms. The number of hydrogen-bond donors (Lipinski definition) is 1. The van der Waals surface area contributed by atoms with Gasteiger partial charge in [-0.1, -0.05) is 42.5 Å². The first kappa shape index (κ1) is 21.3. The Kier molecular flexibility index (Phi) is 6.00. The van der Waals surface area contributed by atoms with Gasteiger partial charge in [-0.2, -0.15) is 0 Å². The summed E-state index contributed by atoms with van der Waals surface area (Å²) >= 11 is 0. The Balaban J connectivity index is 1.48. The van der Waals surface area contributed by atoms with Crippen LogP contribution in [0.3, 0.4) is 0 Å². The van der Waals surface area contributed by atoms with Crippen molar-refractivity contribution in [1.82, 2.24) is 9.96 Å². The van der Waals surface area contributed by atoms with Gasteiger partial charge in [-0.15, -0.1) is 0 Å². The molecular formula is C25H22N2O5. The first-order valence-electron chi connectivity index (χ1n) is 10.1. The molecule has 1 aliphatic heterocycles. The highest BCUT2D eigenvalue weighted by Gasteiger charge is 2.29. The molecule has 0 radical (unpaired) electrons. The van der Waals surface area contributed by atoms with Crippen molar-refractivity contribution >= 4 is 17.8 Å². The molecule has 7 heteroatoms. The first-order valence-corrected chi connectivity index (χ1v) is 10.1. The van der Waals surface area contributed by atoms with Crippen LogP contribution in [0.4, 0.5) is 0 Å². The molecule has 0 saturated heterocycles. The van der Waals surface area contributed by atoms with Crippen LogP contribution in [0.2, 0.25) is 0 Å². The Labute approximate surface area is 185 Å². The average Bonchev–Trinajstić information content (AvgIpc) is 3.12. The molecule has 0 unspecified atom stereocenters. The highest BCUT2D eigenvalue weighted by atomic mass is 16.7. The Bertz CT molecular complexity index is 1160. The third kappa shape index (κ3) is 4.38. The molecule has 3 aromatic carbocycles. The first-order chi connectivity index (χ1) is 15.5. The molecule has 0 saturated carbocycles. The summed E-state index contributed by atoms with van der Waals surface area (Å²) in [6, 6.07) is 21.0. The summed E-state index contributed by atoms with van der Waals surface area (Å²) in [6.07, 6.45) is 0. The van der Waals surface area contributed by atoms with Crippen LogP contribution in [0.1, 0.15) is 47.8 Å². The molecule has 0 bridgehead atoms. The summed E-state index contributed by atoms with van der Waals surface area (Å²) < 4.78 is 0. The standard InChI is InChI=1S/C25H22N2O5/c1-32-27(15-17-5-3-2-4-6-17)23(28)20-11-12-22-21(13-20)16-26(24(22)29)14-18-7-9-19(10-8-18)25(30)31/h2-13H,14-16H2,1H3,(H,30,31). The monoisotopic (exact) mass is 430 g/mol. The molecule has 2 amide bonds. The van der Waals surface area contributed by atoms with Crippen molar-refractivity contribution in [2.75, 3.05) is 7.11 Å². The van der Waals surface area contributed by atoms with E-state index in [2.05, 4.69) is 0 Å². The smallest absolute Gasteiger partial charge is 0.335 e. The maximum Gasteiger partial charge on any atom is 0.335 e. The summed E-state index contributed by atoms with van der Waals surface area (Å²) in [5.41, 5.74) is 3.77. The number of carbonyl (C=O) groups excluding carboxylic acids is 2. The Hall–Kier alpha value is -3.97. The predicted molar refractivity (Wildman–Crippen MR) is 117 cm³/mol. The normalized spacial score (nSPS) is 12.5. The molecule has 1 aliphatic rings. The van der Waals surface area contributed by atoms with Crippen LogP contribution >= 0.6 is 0 Å². The van der Waals surface area contributed by atoms with E-state index in [4.69, 9.17) is 9.94 Å². The van der Waals surface area contributed by atoms with Crippen molar-refractivity contribution in [1.29, 1.82) is 0 Å². The van der Waals surface area contributed by atoms with E-state index >= 15 is 0 Å². The maximum atomic E-state index is 13.0. The predicted octanol–water partition coefficient (Wildman–Crippen LogP) is 3.74. The second-order valence-electron chi connectivity index (χ2n) is 7.55. The third-order valence-corrected chi connectivity index (χ3v) is 5.42. The van der Waals surface area contributed by atoms with E-state index in [1.54, 1.807) is 35.2 Å². The molecule has 4 rings (SSSR count). The van der Waals surface area contributed by atoms with E-state index in [-0.39, 0.29) is 17.4 Å². The van der Waals surface area contributed by atoms with Crippen molar-refractivity contribution in [3.8, 4) is 0 Å². The van der Waals surface area contributed by atoms with Crippen LogP contribution in [0.5, 0.6) is 0 Å². The molecule has 0 atom stereocenters. The van der Waals surface area contributed by atoms with E-state index in [0.29, 0.717) is 30.8 Å². The van der Waals surface area contributed by atoms with Crippen molar-refractivity contribution < 1.29 is 24.3 Å². The molecule has 0 spiro atoms. The second-order valence-corrected chi connectivity index (χ2v) is 7.55. The van der Waals surface area contributed by atoms with Gasteiger partial charge in [0.15, 0.2) is 0 Å². The highest BCUT2D eigenvalue weighted by molar-refractivity contribution is 6.01. The van der Waals surface area contributed by atoms with Gasteiger partial charge in [0.25, 0.3) is 11.8 Å². The fraction of sp³-hybridized carbons (Fsp3) is 0.160.